The van der Waals surface area contributed by atoms with E-state index in [9.17, 15) is 4.79 Å². The third-order valence-corrected chi connectivity index (χ3v) is 4.60. The van der Waals surface area contributed by atoms with Crippen LogP contribution in [0.15, 0.2) is 23.2 Å². The Morgan fingerprint density at radius 1 is 1.21 bits per heavy atom. The van der Waals surface area contributed by atoms with Crippen LogP contribution in [0.2, 0.25) is 0 Å². The van der Waals surface area contributed by atoms with E-state index in [0.29, 0.717) is 31.1 Å². The second kappa shape index (κ2) is 12.1. The largest absolute Gasteiger partial charge is 0.493 e. The lowest BCUT2D eigenvalue weighted by Gasteiger charge is -2.20. The molecule has 0 saturated carbocycles. The van der Waals surface area contributed by atoms with Crippen LogP contribution < -0.4 is 20.1 Å². The number of rotatable bonds is 9. The highest BCUT2D eigenvalue weighted by Gasteiger charge is 2.15. The van der Waals surface area contributed by atoms with Gasteiger partial charge in [0.1, 0.15) is 0 Å². The number of guanidine groups is 1. The number of carbonyl (C=O) groups excluding carboxylic acids is 1. The van der Waals surface area contributed by atoms with Gasteiger partial charge in [0.2, 0.25) is 5.91 Å². The Hall–Kier alpha value is -2.44. The van der Waals surface area contributed by atoms with E-state index < -0.39 is 0 Å². The van der Waals surface area contributed by atoms with Gasteiger partial charge in [-0.15, -0.1) is 0 Å². The molecule has 1 aromatic carbocycles. The van der Waals surface area contributed by atoms with E-state index in [0.717, 1.165) is 57.0 Å². The van der Waals surface area contributed by atoms with Crippen LogP contribution in [0.5, 0.6) is 11.5 Å². The molecule has 1 saturated heterocycles. The maximum atomic E-state index is 12.1. The maximum Gasteiger partial charge on any atom is 0.222 e. The zero-order valence-corrected chi connectivity index (χ0v) is 17.4. The number of nitrogens with zero attached hydrogens (tertiary/aromatic N) is 2. The fraction of sp³-hybridized carbons (Fsp3) is 0.619. The third-order valence-electron chi connectivity index (χ3n) is 4.60. The molecule has 0 bridgehead atoms. The van der Waals surface area contributed by atoms with Gasteiger partial charge in [0.25, 0.3) is 0 Å². The molecule has 0 aliphatic carbocycles. The van der Waals surface area contributed by atoms with E-state index in [4.69, 9.17) is 9.47 Å². The minimum atomic E-state index is 0.285. The molecule has 1 amide bonds. The highest BCUT2D eigenvalue weighted by Crippen LogP contribution is 2.30. The summed E-state index contributed by atoms with van der Waals surface area (Å²) in [4.78, 5) is 18.7. The lowest BCUT2D eigenvalue weighted by molar-refractivity contribution is -0.130. The van der Waals surface area contributed by atoms with Gasteiger partial charge in [-0.05, 0) is 45.2 Å². The molecule has 1 fully saturated rings. The smallest absolute Gasteiger partial charge is 0.222 e. The van der Waals surface area contributed by atoms with Gasteiger partial charge in [-0.1, -0.05) is 6.42 Å². The summed E-state index contributed by atoms with van der Waals surface area (Å²) < 4.78 is 11.0. The number of anilines is 1. The molecule has 1 aromatic rings. The fourth-order valence-corrected chi connectivity index (χ4v) is 3.19. The summed E-state index contributed by atoms with van der Waals surface area (Å²) >= 11 is 0. The Morgan fingerprint density at radius 3 is 2.82 bits per heavy atom. The Bertz CT molecular complexity index is 649. The maximum absolute atomic E-state index is 12.1. The first-order chi connectivity index (χ1) is 13.7. The first kappa shape index (κ1) is 21.9. The van der Waals surface area contributed by atoms with Crippen molar-refractivity contribution < 1.29 is 14.3 Å². The van der Waals surface area contributed by atoms with E-state index >= 15 is 0 Å². The monoisotopic (exact) mass is 390 g/mol. The van der Waals surface area contributed by atoms with Gasteiger partial charge in [0, 0.05) is 44.4 Å². The predicted molar refractivity (Wildman–Crippen MR) is 113 cm³/mol. The zero-order chi connectivity index (χ0) is 20.2. The average molecular weight is 391 g/mol. The number of likely N-dealkylation sites (tertiary alicyclic amines) is 1. The summed E-state index contributed by atoms with van der Waals surface area (Å²) in [6.07, 6.45) is 4.83. The Balaban J connectivity index is 1.92. The van der Waals surface area contributed by atoms with Crippen molar-refractivity contribution in [3.8, 4) is 11.5 Å². The van der Waals surface area contributed by atoms with Crippen molar-refractivity contribution >= 4 is 17.6 Å². The van der Waals surface area contributed by atoms with Crippen molar-refractivity contribution in [3.05, 3.63) is 18.2 Å². The lowest BCUT2D eigenvalue weighted by Crippen LogP contribution is -2.32. The molecule has 0 spiro atoms. The molecule has 0 radical (unpaired) electrons. The first-order valence-corrected chi connectivity index (χ1v) is 10.3. The Morgan fingerprint density at radius 2 is 2.07 bits per heavy atom. The second-order valence-corrected chi connectivity index (χ2v) is 6.73. The van der Waals surface area contributed by atoms with Gasteiger partial charge in [-0.2, -0.15) is 0 Å². The van der Waals surface area contributed by atoms with Crippen LogP contribution >= 0.6 is 0 Å². The van der Waals surface area contributed by atoms with Crippen LogP contribution in [-0.4, -0.2) is 56.7 Å². The van der Waals surface area contributed by atoms with Crippen molar-refractivity contribution in [2.24, 2.45) is 4.99 Å². The van der Waals surface area contributed by atoms with Gasteiger partial charge in [-0.25, -0.2) is 0 Å². The quantitative estimate of drug-likeness (QED) is 0.385. The van der Waals surface area contributed by atoms with E-state index in [-0.39, 0.29) is 5.91 Å². The van der Waals surface area contributed by atoms with Gasteiger partial charge in [-0.3, -0.25) is 9.79 Å². The molecule has 156 valence electrons. The van der Waals surface area contributed by atoms with E-state index in [1.807, 2.05) is 36.9 Å². The van der Waals surface area contributed by atoms with Gasteiger partial charge >= 0.3 is 0 Å². The van der Waals surface area contributed by atoms with Crippen LogP contribution in [0.3, 0.4) is 0 Å². The summed E-state index contributed by atoms with van der Waals surface area (Å²) in [7, 11) is 1.63. The topological polar surface area (TPSA) is 75.2 Å². The van der Waals surface area contributed by atoms with Crippen LogP contribution in [0, 0.1) is 0 Å². The Kier molecular flexibility index (Phi) is 9.45. The number of hydrogen-bond donors (Lipinski definition) is 2. The standard InChI is InChI=1S/C21H34N4O3/c1-4-22-21(23-13-9-15-25-14-8-6-7-10-20(25)26)24-17-11-12-18(27-3)19(16-17)28-5-2/h11-12,16H,4-10,13-15H2,1-3H3,(H2,22,23,24). The van der Waals surface area contributed by atoms with E-state index in [2.05, 4.69) is 15.6 Å². The molecular formula is C21H34N4O3. The molecule has 2 rings (SSSR count). The highest BCUT2D eigenvalue weighted by atomic mass is 16.5. The molecule has 28 heavy (non-hydrogen) atoms. The molecular weight excluding hydrogens is 356 g/mol. The van der Waals surface area contributed by atoms with Crippen LogP contribution in [0.4, 0.5) is 5.69 Å². The van der Waals surface area contributed by atoms with Crippen LogP contribution in [0.25, 0.3) is 0 Å². The fourth-order valence-electron chi connectivity index (χ4n) is 3.19. The molecule has 7 nitrogen and oxygen atoms in total. The first-order valence-electron chi connectivity index (χ1n) is 10.3. The van der Waals surface area contributed by atoms with Crippen molar-refractivity contribution in [2.45, 2.75) is 46.0 Å². The van der Waals surface area contributed by atoms with Gasteiger partial charge in [0.15, 0.2) is 17.5 Å². The predicted octanol–water partition coefficient (Wildman–Crippen LogP) is 3.26. The molecule has 0 atom stereocenters. The van der Waals surface area contributed by atoms with Gasteiger partial charge in [0.05, 0.1) is 13.7 Å². The minimum Gasteiger partial charge on any atom is -0.493 e. The summed E-state index contributed by atoms with van der Waals surface area (Å²) in [5.74, 6) is 2.41. The Labute approximate surface area is 168 Å². The summed E-state index contributed by atoms with van der Waals surface area (Å²) in [6.45, 7) is 7.64. The average Bonchev–Trinajstić information content (AvgIpc) is 2.90. The highest BCUT2D eigenvalue weighted by molar-refractivity contribution is 5.93. The molecule has 7 heteroatoms. The summed E-state index contributed by atoms with van der Waals surface area (Å²) in [6, 6.07) is 5.72. The lowest BCUT2D eigenvalue weighted by atomic mass is 10.2. The summed E-state index contributed by atoms with van der Waals surface area (Å²) in [5.41, 5.74) is 0.881. The number of ether oxygens (including phenoxy) is 2. The number of aliphatic imine (C=N–C) groups is 1. The normalized spacial score (nSPS) is 15.2. The third kappa shape index (κ3) is 6.94. The van der Waals surface area contributed by atoms with E-state index in [1.165, 1.54) is 0 Å². The number of benzene rings is 1. The van der Waals surface area contributed by atoms with Crippen molar-refractivity contribution in [1.82, 2.24) is 10.2 Å². The molecule has 0 unspecified atom stereocenters. The van der Waals surface area contributed by atoms with Crippen LogP contribution in [0.1, 0.15) is 46.0 Å². The van der Waals surface area contributed by atoms with Crippen LogP contribution in [-0.2, 0) is 4.79 Å². The molecule has 1 heterocycles. The molecule has 1 aliphatic heterocycles. The van der Waals surface area contributed by atoms with Crippen molar-refractivity contribution in [3.63, 3.8) is 0 Å². The number of nitrogens with one attached hydrogen (secondary N) is 2. The van der Waals surface area contributed by atoms with Crippen molar-refractivity contribution in [2.75, 3.05) is 45.2 Å². The number of hydrogen-bond acceptors (Lipinski definition) is 4. The summed E-state index contributed by atoms with van der Waals surface area (Å²) in [5, 5.41) is 6.56. The SMILES string of the molecule is CCNC(=NCCCN1CCCCCC1=O)Nc1ccc(OC)c(OCC)c1. The molecule has 0 aromatic heterocycles. The number of methoxy groups -OCH3 is 1. The number of amides is 1. The molecule has 1 aliphatic rings. The number of carbonyl (C=O) groups is 1. The molecule has 2 N–H and O–H groups in total. The second-order valence-electron chi connectivity index (χ2n) is 6.73. The van der Waals surface area contributed by atoms with Crippen molar-refractivity contribution in [1.29, 1.82) is 0 Å². The van der Waals surface area contributed by atoms with E-state index in [1.54, 1.807) is 7.11 Å². The van der Waals surface area contributed by atoms with Gasteiger partial charge < -0.3 is 25.0 Å². The zero-order valence-electron chi connectivity index (χ0n) is 17.4. The minimum absolute atomic E-state index is 0.285.